The molecule has 0 amide bonds. The van der Waals surface area contributed by atoms with Crippen molar-refractivity contribution in [1.29, 1.82) is 0 Å². The number of aromatic nitrogens is 1. The summed E-state index contributed by atoms with van der Waals surface area (Å²) in [4.78, 5) is 27.1. The zero-order valence-electron chi connectivity index (χ0n) is 8.84. The van der Waals surface area contributed by atoms with E-state index in [1.807, 2.05) is 0 Å². The van der Waals surface area contributed by atoms with Gasteiger partial charge in [0.05, 0.1) is 0 Å². The molecule has 17 heavy (non-hydrogen) atoms. The van der Waals surface area contributed by atoms with Crippen molar-refractivity contribution in [2.45, 2.75) is 12.8 Å². The number of carboxylic acid groups (broad SMARTS) is 1. The molecule has 1 aromatic carbocycles. The van der Waals surface area contributed by atoms with Crippen LogP contribution in [-0.2, 0) is 4.79 Å². The molecule has 1 aliphatic rings. The highest BCUT2D eigenvalue weighted by molar-refractivity contribution is 6.15. The summed E-state index contributed by atoms with van der Waals surface area (Å²) in [5.74, 6) is -1.38. The summed E-state index contributed by atoms with van der Waals surface area (Å²) >= 11 is 0. The number of carbonyl (C=O) groups excluding carboxylic acids is 1. The van der Waals surface area contributed by atoms with Crippen LogP contribution in [0.5, 0.6) is 0 Å². The molecule has 5 heteroatoms. The second-order valence-electron chi connectivity index (χ2n) is 4.25. The van der Waals surface area contributed by atoms with Crippen molar-refractivity contribution in [3.05, 3.63) is 30.2 Å². The van der Waals surface area contributed by atoms with Crippen LogP contribution in [0.1, 0.15) is 23.2 Å². The molecule has 1 saturated carbocycles. The molecule has 0 radical (unpaired) electrons. The number of benzene rings is 1. The number of oxazole rings is 1. The van der Waals surface area contributed by atoms with Gasteiger partial charge in [0.1, 0.15) is 10.9 Å². The number of nitrogens with zero attached hydrogens (tertiary/aromatic N) is 1. The van der Waals surface area contributed by atoms with Crippen LogP contribution in [0.25, 0.3) is 11.1 Å². The van der Waals surface area contributed by atoms with Gasteiger partial charge >= 0.3 is 5.97 Å². The van der Waals surface area contributed by atoms with Crippen LogP contribution in [0, 0.1) is 5.41 Å². The molecule has 1 aliphatic carbocycles. The van der Waals surface area contributed by atoms with Gasteiger partial charge in [-0.2, -0.15) is 0 Å². The van der Waals surface area contributed by atoms with Gasteiger partial charge in [-0.1, -0.05) is 0 Å². The first-order valence-electron chi connectivity index (χ1n) is 5.25. The summed E-state index contributed by atoms with van der Waals surface area (Å²) in [5, 5.41) is 9.05. The molecule has 1 N–H and O–H groups in total. The molecule has 1 aromatic heterocycles. The molecule has 0 aliphatic heterocycles. The first-order valence-corrected chi connectivity index (χ1v) is 5.25. The minimum Gasteiger partial charge on any atom is -0.480 e. The SMILES string of the molecule is O=C(O)C1(C(=O)c2ccc3ocnc3c2)CC1. The van der Waals surface area contributed by atoms with Gasteiger partial charge in [0.2, 0.25) is 0 Å². The first-order chi connectivity index (χ1) is 8.13. The van der Waals surface area contributed by atoms with E-state index in [1.165, 1.54) is 6.39 Å². The van der Waals surface area contributed by atoms with E-state index in [9.17, 15) is 9.59 Å². The third-order valence-electron chi connectivity index (χ3n) is 3.19. The van der Waals surface area contributed by atoms with Gasteiger partial charge in [-0.25, -0.2) is 4.98 Å². The normalized spacial score (nSPS) is 16.9. The van der Waals surface area contributed by atoms with Crippen LogP contribution < -0.4 is 0 Å². The second-order valence-corrected chi connectivity index (χ2v) is 4.25. The van der Waals surface area contributed by atoms with Crippen molar-refractivity contribution in [2.75, 3.05) is 0 Å². The smallest absolute Gasteiger partial charge is 0.317 e. The number of hydrogen-bond acceptors (Lipinski definition) is 4. The van der Waals surface area contributed by atoms with Crippen molar-refractivity contribution < 1.29 is 19.1 Å². The van der Waals surface area contributed by atoms with Gasteiger partial charge in [-0.05, 0) is 31.0 Å². The average molecular weight is 231 g/mol. The molecule has 0 unspecified atom stereocenters. The molecular formula is C12H9NO4. The summed E-state index contributed by atoms with van der Waals surface area (Å²) in [5.41, 5.74) is 0.335. The van der Waals surface area contributed by atoms with E-state index in [1.54, 1.807) is 18.2 Å². The maximum Gasteiger partial charge on any atom is 0.317 e. The lowest BCUT2D eigenvalue weighted by Crippen LogP contribution is -2.25. The number of fused-ring (bicyclic) bond motifs is 1. The van der Waals surface area contributed by atoms with Gasteiger partial charge in [-0.3, -0.25) is 9.59 Å². The van der Waals surface area contributed by atoms with Crippen molar-refractivity contribution in [3.63, 3.8) is 0 Å². The van der Waals surface area contributed by atoms with E-state index in [4.69, 9.17) is 9.52 Å². The predicted molar refractivity (Wildman–Crippen MR) is 57.6 cm³/mol. The van der Waals surface area contributed by atoms with Crippen LogP contribution in [0.2, 0.25) is 0 Å². The lowest BCUT2D eigenvalue weighted by molar-refractivity contribution is -0.141. The van der Waals surface area contributed by atoms with Gasteiger partial charge in [0.25, 0.3) is 0 Å². The molecule has 0 atom stereocenters. The molecule has 5 nitrogen and oxygen atoms in total. The molecule has 3 rings (SSSR count). The highest BCUT2D eigenvalue weighted by Crippen LogP contribution is 2.48. The van der Waals surface area contributed by atoms with E-state index < -0.39 is 11.4 Å². The molecule has 1 fully saturated rings. The molecule has 1 heterocycles. The zero-order chi connectivity index (χ0) is 12.0. The van der Waals surface area contributed by atoms with E-state index in [2.05, 4.69) is 4.98 Å². The summed E-state index contributed by atoms with van der Waals surface area (Å²) < 4.78 is 5.06. The number of carboxylic acids is 1. The highest BCUT2D eigenvalue weighted by atomic mass is 16.4. The van der Waals surface area contributed by atoms with Crippen LogP contribution in [0.3, 0.4) is 0 Å². The van der Waals surface area contributed by atoms with Crippen molar-refractivity contribution in [2.24, 2.45) is 5.41 Å². The molecule has 0 spiro atoms. The highest BCUT2D eigenvalue weighted by Gasteiger charge is 2.56. The van der Waals surface area contributed by atoms with Crippen LogP contribution in [-0.4, -0.2) is 21.8 Å². The number of ketones is 1. The molecular weight excluding hydrogens is 222 g/mol. The Morgan fingerprint density at radius 1 is 1.35 bits per heavy atom. The third-order valence-corrected chi connectivity index (χ3v) is 3.19. The largest absolute Gasteiger partial charge is 0.480 e. The Balaban J connectivity index is 2.04. The maximum atomic E-state index is 12.1. The van der Waals surface area contributed by atoms with Crippen molar-refractivity contribution >= 4 is 22.9 Å². The van der Waals surface area contributed by atoms with Crippen molar-refractivity contribution in [3.8, 4) is 0 Å². The van der Waals surface area contributed by atoms with E-state index >= 15 is 0 Å². The standard InChI is InChI=1S/C12H9NO4/c14-10(12(3-4-12)11(15)16)7-1-2-9-8(5-7)13-6-17-9/h1-2,5-6H,3-4H2,(H,15,16). The van der Waals surface area contributed by atoms with Crippen molar-refractivity contribution in [1.82, 2.24) is 4.98 Å². The second kappa shape index (κ2) is 3.16. The van der Waals surface area contributed by atoms with Gasteiger partial charge in [0.15, 0.2) is 17.8 Å². The minimum absolute atomic E-state index is 0.338. The van der Waals surface area contributed by atoms with Gasteiger partial charge in [0, 0.05) is 5.56 Å². The van der Waals surface area contributed by atoms with Gasteiger partial charge < -0.3 is 9.52 Å². The van der Waals surface area contributed by atoms with E-state index in [0.29, 0.717) is 29.5 Å². The fourth-order valence-corrected chi connectivity index (χ4v) is 1.94. The monoisotopic (exact) mass is 231 g/mol. The summed E-state index contributed by atoms with van der Waals surface area (Å²) in [6.45, 7) is 0. The first kappa shape index (κ1) is 10.0. The minimum atomic E-state index is -1.20. The number of rotatable bonds is 3. The Labute approximate surface area is 96.1 Å². The molecule has 86 valence electrons. The fraction of sp³-hybridized carbons (Fsp3) is 0.250. The van der Waals surface area contributed by atoms with E-state index in [-0.39, 0.29) is 5.78 Å². The summed E-state index contributed by atoms with van der Waals surface area (Å²) in [6, 6.07) is 4.79. The Morgan fingerprint density at radius 2 is 2.12 bits per heavy atom. The number of hydrogen-bond donors (Lipinski definition) is 1. The lowest BCUT2D eigenvalue weighted by atomic mass is 9.95. The Kier molecular flexibility index (Phi) is 1.86. The fourth-order valence-electron chi connectivity index (χ4n) is 1.94. The topological polar surface area (TPSA) is 80.4 Å². The molecule has 0 bridgehead atoms. The van der Waals surface area contributed by atoms with E-state index in [0.717, 1.165) is 0 Å². The Morgan fingerprint density at radius 3 is 2.76 bits per heavy atom. The van der Waals surface area contributed by atoms with Crippen LogP contribution in [0.4, 0.5) is 0 Å². The average Bonchev–Trinajstić information content (AvgIpc) is 3.00. The van der Waals surface area contributed by atoms with Crippen LogP contribution >= 0.6 is 0 Å². The zero-order valence-corrected chi connectivity index (χ0v) is 8.84. The Bertz CT molecular complexity index is 624. The quantitative estimate of drug-likeness (QED) is 0.644. The maximum absolute atomic E-state index is 12.1. The summed E-state index contributed by atoms with van der Waals surface area (Å²) in [7, 11) is 0. The number of Topliss-reactive ketones (excluding diaryl/α,β-unsaturated/α-hetero) is 1. The number of aliphatic carboxylic acids is 1. The third kappa shape index (κ3) is 1.35. The van der Waals surface area contributed by atoms with Crippen LogP contribution in [0.15, 0.2) is 29.0 Å². The Hall–Kier alpha value is -2.17. The molecule has 0 saturated heterocycles. The summed E-state index contributed by atoms with van der Waals surface area (Å²) in [6.07, 6.45) is 2.12. The predicted octanol–water partition coefficient (Wildman–Crippen LogP) is 1.88. The molecule has 2 aromatic rings. The van der Waals surface area contributed by atoms with Gasteiger partial charge in [-0.15, -0.1) is 0 Å². The lowest BCUT2D eigenvalue weighted by Gasteiger charge is -2.07. The number of carbonyl (C=O) groups is 2.